The van der Waals surface area contributed by atoms with Crippen molar-refractivity contribution in [1.82, 2.24) is 0 Å². The molecule has 158 valence electrons. The second kappa shape index (κ2) is 11.5. The van der Waals surface area contributed by atoms with Gasteiger partial charge >= 0.3 is 5.97 Å². The van der Waals surface area contributed by atoms with E-state index in [1.54, 1.807) is 13.2 Å². The van der Waals surface area contributed by atoms with Gasteiger partial charge in [-0.2, -0.15) is 0 Å². The first-order valence-electron chi connectivity index (χ1n) is 10.5. The van der Waals surface area contributed by atoms with Gasteiger partial charge in [0.25, 0.3) is 0 Å². The quantitative estimate of drug-likeness (QED) is 0.259. The lowest BCUT2D eigenvalue weighted by atomic mass is 10.0. The zero-order chi connectivity index (χ0) is 21.2. The van der Waals surface area contributed by atoms with Gasteiger partial charge in [0.05, 0.1) is 18.1 Å². The summed E-state index contributed by atoms with van der Waals surface area (Å²) in [6, 6.07) is 2.03. The molecular formula is C25H34O4. The fourth-order valence-corrected chi connectivity index (χ4v) is 3.32. The van der Waals surface area contributed by atoms with Crippen LogP contribution in [0.5, 0.6) is 0 Å². The molecular weight excluding hydrogens is 364 g/mol. The van der Waals surface area contributed by atoms with Gasteiger partial charge in [0, 0.05) is 6.42 Å². The van der Waals surface area contributed by atoms with Crippen molar-refractivity contribution >= 4 is 5.97 Å². The molecule has 2 rings (SSSR count). The Bertz CT molecular complexity index is 778. The SMILES string of the molecule is CC1=C(O)[C@@H](C/C(C)=C/CCC(C)/C=C/C=C(\C)CCCc2ccoc2)OC1=O. The molecule has 0 spiro atoms. The summed E-state index contributed by atoms with van der Waals surface area (Å²) in [4.78, 5) is 11.5. The third kappa shape index (κ3) is 7.80. The molecule has 4 nitrogen and oxygen atoms in total. The van der Waals surface area contributed by atoms with Crippen LogP contribution < -0.4 is 0 Å². The van der Waals surface area contributed by atoms with Gasteiger partial charge in [-0.3, -0.25) is 0 Å². The molecule has 2 atom stereocenters. The summed E-state index contributed by atoms with van der Waals surface area (Å²) < 4.78 is 10.3. The third-order valence-corrected chi connectivity index (χ3v) is 5.30. The topological polar surface area (TPSA) is 59.7 Å². The van der Waals surface area contributed by atoms with Crippen molar-refractivity contribution in [2.75, 3.05) is 0 Å². The van der Waals surface area contributed by atoms with Crippen LogP contribution in [0.25, 0.3) is 0 Å². The zero-order valence-corrected chi connectivity index (χ0v) is 18.1. The van der Waals surface area contributed by atoms with E-state index in [1.807, 2.05) is 19.3 Å². The second-order valence-electron chi connectivity index (χ2n) is 8.10. The molecule has 2 heterocycles. The van der Waals surface area contributed by atoms with Crippen molar-refractivity contribution in [3.8, 4) is 0 Å². The summed E-state index contributed by atoms with van der Waals surface area (Å²) in [5.41, 5.74) is 4.11. The minimum Gasteiger partial charge on any atom is -0.508 e. The first kappa shape index (κ1) is 22.8. The van der Waals surface area contributed by atoms with E-state index in [-0.39, 0.29) is 5.76 Å². The van der Waals surface area contributed by atoms with Gasteiger partial charge < -0.3 is 14.3 Å². The number of hydrogen-bond donors (Lipinski definition) is 1. The largest absolute Gasteiger partial charge is 0.508 e. The molecule has 0 amide bonds. The van der Waals surface area contributed by atoms with Crippen molar-refractivity contribution in [3.05, 3.63) is 70.9 Å². The number of furan rings is 1. The molecule has 0 aromatic carbocycles. The van der Waals surface area contributed by atoms with Gasteiger partial charge in [-0.1, -0.05) is 42.4 Å². The van der Waals surface area contributed by atoms with Crippen LogP contribution in [0.1, 0.15) is 65.4 Å². The molecule has 4 heteroatoms. The maximum Gasteiger partial charge on any atom is 0.338 e. The smallest absolute Gasteiger partial charge is 0.338 e. The number of aryl methyl sites for hydroxylation is 1. The fourth-order valence-electron chi connectivity index (χ4n) is 3.32. The summed E-state index contributed by atoms with van der Waals surface area (Å²) in [7, 11) is 0. The number of esters is 1. The Hall–Kier alpha value is -2.49. The van der Waals surface area contributed by atoms with Crippen LogP contribution in [0.4, 0.5) is 0 Å². The average Bonchev–Trinajstić information content (AvgIpc) is 3.27. The highest BCUT2D eigenvalue weighted by Gasteiger charge is 2.31. The molecule has 1 aliphatic rings. The van der Waals surface area contributed by atoms with Crippen LogP contribution in [0.3, 0.4) is 0 Å². The molecule has 1 aliphatic heterocycles. The van der Waals surface area contributed by atoms with E-state index in [0.29, 0.717) is 17.9 Å². The van der Waals surface area contributed by atoms with Crippen molar-refractivity contribution in [2.45, 2.75) is 72.3 Å². The highest BCUT2D eigenvalue weighted by Crippen LogP contribution is 2.25. The summed E-state index contributed by atoms with van der Waals surface area (Å²) in [5.74, 6) is 0.156. The fraction of sp³-hybridized carbons (Fsp3) is 0.480. The Kier molecular flexibility index (Phi) is 9.04. The van der Waals surface area contributed by atoms with Gasteiger partial charge in [-0.15, -0.1) is 0 Å². The lowest BCUT2D eigenvalue weighted by Crippen LogP contribution is -2.12. The van der Waals surface area contributed by atoms with Crippen LogP contribution in [0.2, 0.25) is 0 Å². The van der Waals surface area contributed by atoms with Gasteiger partial charge in [-0.25, -0.2) is 4.79 Å². The van der Waals surface area contributed by atoms with Gasteiger partial charge in [-0.05, 0) is 70.4 Å². The summed E-state index contributed by atoms with van der Waals surface area (Å²) in [6.45, 7) is 8.02. The highest BCUT2D eigenvalue weighted by atomic mass is 16.6. The van der Waals surface area contributed by atoms with Crippen LogP contribution in [-0.2, 0) is 16.0 Å². The lowest BCUT2D eigenvalue weighted by Gasteiger charge is -2.11. The monoisotopic (exact) mass is 398 g/mol. The molecule has 0 aliphatic carbocycles. The summed E-state index contributed by atoms with van der Waals surface area (Å²) >= 11 is 0. The van der Waals surface area contributed by atoms with Crippen LogP contribution in [0, 0.1) is 5.92 Å². The third-order valence-electron chi connectivity index (χ3n) is 5.30. The van der Waals surface area contributed by atoms with Crippen LogP contribution >= 0.6 is 0 Å². The normalized spacial score (nSPS) is 19.3. The Morgan fingerprint density at radius 3 is 2.76 bits per heavy atom. The second-order valence-corrected chi connectivity index (χ2v) is 8.10. The lowest BCUT2D eigenvalue weighted by molar-refractivity contribution is -0.140. The first-order valence-corrected chi connectivity index (χ1v) is 10.5. The van der Waals surface area contributed by atoms with Crippen molar-refractivity contribution < 1.29 is 19.1 Å². The number of aliphatic hydroxyl groups is 1. The van der Waals surface area contributed by atoms with Crippen molar-refractivity contribution in [2.24, 2.45) is 5.92 Å². The van der Waals surface area contributed by atoms with Crippen LogP contribution in [-0.4, -0.2) is 17.2 Å². The molecule has 0 fully saturated rings. The first-order chi connectivity index (χ1) is 13.9. The van der Waals surface area contributed by atoms with E-state index in [4.69, 9.17) is 9.15 Å². The van der Waals surface area contributed by atoms with E-state index >= 15 is 0 Å². The van der Waals surface area contributed by atoms with Crippen molar-refractivity contribution in [1.29, 1.82) is 0 Å². The maximum atomic E-state index is 11.5. The molecule has 0 radical (unpaired) electrons. The number of carbonyl (C=O) groups is 1. The average molecular weight is 399 g/mol. The minimum absolute atomic E-state index is 0.0750. The Balaban J connectivity index is 1.65. The van der Waals surface area contributed by atoms with E-state index in [9.17, 15) is 9.90 Å². The molecule has 1 N–H and O–H groups in total. The van der Waals surface area contributed by atoms with E-state index in [0.717, 1.165) is 37.7 Å². The highest BCUT2D eigenvalue weighted by molar-refractivity contribution is 5.91. The number of allylic oxidation sites excluding steroid dienone is 5. The molecule has 0 saturated heterocycles. The maximum absolute atomic E-state index is 11.5. The van der Waals surface area contributed by atoms with E-state index in [1.165, 1.54) is 11.1 Å². The molecule has 0 bridgehead atoms. The zero-order valence-electron chi connectivity index (χ0n) is 18.1. The summed E-state index contributed by atoms with van der Waals surface area (Å²) in [6.07, 6.45) is 17.7. The van der Waals surface area contributed by atoms with Gasteiger partial charge in [0.1, 0.15) is 5.76 Å². The molecule has 1 unspecified atom stereocenters. The standard InChI is InChI=1S/C25H34O4/c1-18(8-5-9-19(2)11-7-13-22-14-15-28-17-22)10-6-12-20(3)16-23-24(26)21(4)25(27)29-23/h5,8-9,12,14-15,17-18,23,26H,6-7,10-11,13,16H2,1-4H3/b8-5+,19-9+,20-12+/t18?,23-/m1/s1. The molecule has 0 saturated carbocycles. The predicted molar refractivity (Wildman–Crippen MR) is 117 cm³/mol. The molecule has 1 aromatic rings. The molecule has 29 heavy (non-hydrogen) atoms. The number of ether oxygens (including phenoxy) is 1. The number of aliphatic hydroxyl groups excluding tert-OH is 1. The molecule has 1 aromatic heterocycles. The predicted octanol–water partition coefficient (Wildman–Crippen LogP) is 6.61. The Morgan fingerprint density at radius 1 is 1.31 bits per heavy atom. The number of carbonyl (C=O) groups excluding carboxylic acids is 1. The number of rotatable bonds is 11. The van der Waals surface area contributed by atoms with Gasteiger partial charge in [0.15, 0.2) is 6.10 Å². The number of cyclic esters (lactones) is 1. The Morgan fingerprint density at radius 2 is 2.10 bits per heavy atom. The van der Waals surface area contributed by atoms with Crippen molar-refractivity contribution in [3.63, 3.8) is 0 Å². The van der Waals surface area contributed by atoms with E-state index in [2.05, 4.69) is 38.2 Å². The minimum atomic E-state index is -0.516. The van der Waals surface area contributed by atoms with Gasteiger partial charge in [0.2, 0.25) is 0 Å². The van der Waals surface area contributed by atoms with E-state index < -0.39 is 12.1 Å². The van der Waals surface area contributed by atoms with Crippen LogP contribution in [0.15, 0.2) is 69.8 Å². The Labute approximate surface area is 174 Å². The summed E-state index contributed by atoms with van der Waals surface area (Å²) in [5, 5.41) is 9.92. The number of hydrogen-bond acceptors (Lipinski definition) is 4.